The van der Waals surface area contributed by atoms with Gasteiger partial charge in [-0.25, -0.2) is 4.98 Å². The van der Waals surface area contributed by atoms with Crippen molar-refractivity contribution < 1.29 is 0 Å². The van der Waals surface area contributed by atoms with Crippen molar-refractivity contribution in [2.24, 2.45) is 5.92 Å². The van der Waals surface area contributed by atoms with Crippen molar-refractivity contribution >= 4 is 0 Å². The molecule has 1 aromatic carbocycles. The molecule has 2 unspecified atom stereocenters. The largest absolute Gasteiger partial charge is 0.334 e. The third-order valence-electron chi connectivity index (χ3n) is 7.07. The van der Waals surface area contributed by atoms with E-state index in [-0.39, 0.29) is 0 Å². The summed E-state index contributed by atoms with van der Waals surface area (Å²) in [6, 6.07) is 11.7. The van der Waals surface area contributed by atoms with Gasteiger partial charge in [0, 0.05) is 18.4 Å². The Hall–Kier alpha value is -1.57. The summed E-state index contributed by atoms with van der Waals surface area (Å²) in [6.45, 7) is 4.61. The molecule has 0 saturated heterocycles. The van der Waals surface area contributed by atoms with Crippen molar-refractivity contribution in [3.63, 3.8) is 0 Å². The van der Waals surface area contributed by atoms with Crippen LogP contribution in [0.1, 0.15) is 128 Å². The molecule has 2 heteroatoms. The number of hydrogen-bond acceptors (Lipinski definition) is 1. The SMILES string of the molecule is CCCCCCCCCCCCCCC(Cc1ccccc1)C(CCCC)n1ccnc1. The predicted octanol–water partition coefficient (Wildman–Crippen LogP) is 9.56. The van der Waals surface area contributed by atoms with Crippen molar-refractivity contribution in [3.05, 3.63) is 54.6 Å². The predicted molar refractivity (Wildman–Crippen MR) is 140 cm³/mol. The molecule has 0 radical (unpaired) electrons. The van der Waals surface area contributed by atoms with Gasteiger partial charge in [0.1, 0.15) is 0 Å². The summed E-state index contributed by atoms with van der Waals surface area (Å²) in [5.41, 5.74) is 1.48. The normalized spacial score (nSPS) is 13.3. The summed E-state index contributed by atoms with van der Waals surface area (Å²) < 4.78 is 2.39. The smallest absolute Gasteiger partial charge is 0.0948 e. The van der Waals surface area contributed by atoms with Crippen LogP contribution in [-0.2, 0) is 6.42 Å². The number of unbranched alkanes of at least 4 members (excludes halogenated alkanes) is 12. The first-order chi connectivity index (χ1) is 15.8. The summed E-state index contributed by atoms with van der Waals surface area (Å²) in [5.74, 6) is 0.696. The number of nitrogens with zero attached hydrogens (tertiary/aromatic N) is 2. The lowest BCUT2D eigenvalue weighted by molar-refractivity contribution is 0.277. The highest BCUT2D eigenvalue weighted by atomic mass is 15.1. The zero-order valence-corrected chi connectivity index (χ0v) is 21.2. The molecule has 0 bridgehead atoms. The molecule has 1 heterocycles. The number of aromatic nitrogens is 2. The van der Waals surface area contributed by atoms with Crippen molar-refractivity contribution in [2.75, 3.05) is 0 Å². The van der Waals surface area contributed by atoms with Crippen LogP contribution in [0.2, 0.25) is 0 Å². The second-order valence-corrected chi connectivity index (χ2v) is 9.85. The standard InChI is InChI=1S/C30H50N2/c1-3-5-7-8-9-10-11-12-13-14-15-19-22-29(26-28-20-17-16-18-21-28)30(23-6-4-2)32-25-24-31-27-32/h16-18,20-21,24-25,27,29-30H,3-15,19,22-23,26H2,1-2H3. The minimum absolute atomic E-state index is 0.574. The summed E-state index contributed by atoms with van der Waals surface area (Å²) in [4.78, 5) is 4.37. The summed E-state index contributed by atoms with van der Waals surface area (Å²) in [7, 11) is 0. The van der Waals surface area contributed by atoms with Crippen LogP contribution in [0.25, 0.3) is 0 Å². The molecule has 0 aliphatic rings. The van der Waals surface area contributed by atoms with E-state index in [0.717, 1.165) is 0 Å². The fourth-order valence-electron chi connectivity index (χ4n) is 5.10. The molecule has 1 aromatic heterocycles. The van der Waals surface area contributed by atoms with Crippen LogP contribution < -0.4 is 0 Å². The van der Waals surface area contributed by atoms with Gasteiger partial charge in [-0.2, -0.15) is 0 Å². The van der Waals surface area contributed by atoms with E-state index in [9.17, 15) is 0 Å². The highest BCUT2D eigenvalue weighted by Crippen LogP contribution is 2.32. The molecule has 0 aliphatic heterocycles. The summed E-state index contributed by atoms with van der Waals surface area (Å²) >= 11 is 0. The quantitative estimate of drug-likeness (QED) is 0.188. The maximum Gasteiger partial charge on any atom is 0.0948 e. The molecule has 0 saturated carbocycles. The highest BCUT2D eigenvalue weighted by Gasteiger charge is 2.22. The topological polar surface area (TPSA) is 17.8 Å². The summed E-state index contributed by atoms with van der Waals surface area (Å²) in [6.07, 6.45) is 29.6. The number of benzene rings is 1. The van der Waals surface area contributed by atoms with Crippen LogP contribution in [-0.4, -0.2) is 9.55 Å². The lowest BCUT2D eigenvalue weighted by Crippen LogP contribution is -2.21. The van der Waals surface area contributed by atoms with E-state index in [4.69, 9.17) is 0 Å². The Morgan fingerprint density at radius 2 is 1.28 bits per heavy atom. The fraction of sp³-hybridized carbons (Fsp3) is 0.700. The van der Waals surface area contributed by atoms with Crippen LogP contribution in [0.15, 0.2) is 49.1 Å². The van der Waals surface area contributed by atoms with Crippen molar-refractivity contribution in [2.45, 2.75) is 129 Å². The van der Waals surface area contributed by atoms with Crippen molar-refractivity contribution in [3.8, 4) is 0 Å². The third-order valence-corrected chi connectivity index (χ3v) is 7.07. The van der Waals surface area contributed by atoms with E-state index in [1.54, 1.807) is 0 Å². The Morgan fingerprint density at radius 1 is 0.688 bits per heavy atom. The minimum atomic E-state index is 0.574. The van der Waals surface area contributed by atoms with E-state index < -0.39 is 0 Å². The second kappa shape index (κ2) is 17.9. The maximum absolute atomic E-state index is 4.37. The van der Waals surface area contributed by atoms with Gasteiger partial charge < -0.3 is 4.57 Å². The van der Waals surface area contributed by atoms with Crippen LogP contribution >= 0.6 is 0 Å². The molecule has 2 atom stereocenters. The monoisotopic (exact) mass is 438 g/mol. The summed E-state index contributed by atoms with van der Waals surface area (Å²) in [5, 5.41) is 0. The van der Waals surface area contributed by atoms with Crippen molar-refractivity contribution in [1.82, 2.24) is 9.55 Å². The first kappa shape index (κ1) is 26.7. The van der Waals surface area contributed by atoms with E-state index in [1.807, 2.05) is 12.5 Å². The average Bonchev–Trinajstić information content (AvgIpc) is 3.35. The molecule has 0 fully saturated rings. The lowest BCUT2D eigenvalue weighted by atomic mass is 9.84. The molecule has 0 amide bonds. The Morgan fingerprint density at radius 3 is 1.84 bits per heavy atom. The Labute approximate surface area is 199 Å². The molecule has 2 rings (SSSR count). The molecule has 32 heavy (non-hydrogen) atoms. The first-order valence-corrected chi connectivity index (χ1v) is 13.9. The lowest BCUT2D eigenvalue weighted by Gasteiger charge is -2.29. The zero-order chi connectivity index (χ0) is 22.7. The molecular weight excluding hydrogens is 388 g/mol. The second-order valence-electron chi connectivity index (χ2n) is 9.85. The zero-order valence-electron chi connectivity index (χ0n) is 21.2. The molecule has 0 N–H and O–H groups in total. The van der Waals surface area contributed by atoms with E-state index in [1.165, 1.54) is 115 Å². The van der Waals surface area contributed by atoms with Gasteiger partial charge in [0.2, 0.25) is 0 Å². The van der Waals surface area contributed by atoms with Gasteiger partial charge in [0.25, 0.3) is 0 Å². The van der Waals surface area contributed by atoms with Crippen molar-refractivity contribution in [1.29, 1.82) is 0 Å². The Balaban J connectivity index is 1.74. The Kier molecular flexibility index (Phi) is 14.9. The average molecular weight is 439 g/mol. The van der Waals surface area contributed by atoms with Crippen LogP contribution in [0.3, 0.4) is 0 Å². The van der Waals surface area contributed by atoms with Gasteiger partial charge in [0.15, 0.2) is 0 Å². The van der Waals surface area contributed by atoms with Gasteiger partial charge in [-0.3, -0.25) is 0 Å². The molecular formula is C30H50N2. The van der Waals surface area contributed by atoms with Gasteiger partial charge in [0.05, 0.1) is 6.33 Å². The number of rotatable bonds is 20. The van der Waals surface area contributed by atoms with E-state index >= 15 is 0 Å². The van der Waals surface area contributed by atoms with Gasteiger partial charge >= 0.3 is 0 Å². The minimum Gasteiger partial charge on any atom is -0.334 e. The number of hydrogen-bond donors (Lipinski definition) is 0. The van der Waals surface area contributed by atoms with Gasteiger partial charge in [-0.15, -0.1) is 0 Å². The van der Waals surface area contributed by atoms with E-state index in [0.29, 0.717) is 12.0 Å². The van der Waals surface area contributed by atoms with E-state index in [2.05, 4.69) is 59.9 Å². The van der Waals surface area contributed by atoms with Crippen LogP contribution in [0, 0.1) is 5.92 Å². The molecule has 0 spiro atoms. The molecule has 0 aliphatic carbocycles. The maximum atomic E-state index is 4.37. The molecule has 180 valence electrons. The Bertz CT molecular complexity index is 634. The van der Waals surface area contributed by atoms with Crippen LogP contribution in [0.4, 0.5) is 0 Å². The fourth-order valence-corrected chi connectivity index (χ4v) is 5.10. The highest BCUT2D eigenvalue weighted by molar-refractivity contribution is 5.15. The van der Waals surface area contributed by atoms with Gasteiger partial charge in [-0.05, 0) is 30.7 Å². The number of imidazole rings is 1. The third kappa shape index (κ3) is 11.3. The molecule has 2 aromatic rings. The first-order valence-electron chi connectivity index (χ1n) is 13.9. The van der Waals surface area contributed by atoms with Crippen LogP contribution in [0.5, 0.6) is 0 Å². The van der Waals surface area contributed by atoms with Gasteiger partial charge in [-0.1, -0.05) is 134 Å². The molecule has 2 nitrogen and oxygen atoms in total.